The van der Waals surface area contributed by atoms with E-state index in [2.05, 4.69) is 15.4 Å². The molecule has 136 valence electrons. The van der Waals surface area contributed by atoms with Crippen LogP contribution >= 0.6 is 0 Å². The fourth-order valence-electron chi connectivity index (χ4n) is 2.89. The van der Waals surface area contributed by atoms with Crippen LogP contribution in [-0.4, -0.2) is 25.2 Å². The van der Waals surface area contributed by atoms with Gasteiger partial charge < -0.3 is 8.98 Å². The number of carbonyl (C=O) groups excluding carboxylic acids is 1. The molecule has 0 unspecified atom stereocenters. The van der Waals surface area contributed by atoms with Crippen molar-refractivity contribution in [1.82, 2.24) is 19.3 Å². The van der Waals surface area contributed by atoms with E-state index in [1.165, 1.54) is 0 Å². The number of anilines is 1. The second-order valence-electron chi connectivity index (χ2n) is 5.91. The molecule has 0 atom stereocenters. The zero-order valence-electron chi connectivity index (χ0n) is 14.6. The van der Waals surface area contributed by atoms with Crippen molar-refractivity contribution in [2.45, 2.75) is 20.0 Å². The summed E-state index contributed by atoms with van der Waals surface area (Å²) in [4.78, 5) is 28.9. The molecule has 2 heterocycles. The SMILES string of the molecule is CCn1c(NC(=O)Cn2nc(-c3ccccc3)oc2=O)nc2ccccc21. The highest BCUT2D eigenvalue weighted by molar-refractivity contribution is 5.91. The van der Waals surface area contributed by atoms with E-state index in [9.17, 15) is 9.59 Å². The van der Waals surface area contributed by atoms with E-state index in [1.807, 2.05) is 54.0 Å². The second kappa shape index (κ2) is 6.91. The molecule has 2 aromatic carbocycles. The second-order valence-corrected chi connectivity index (χ2v) is 5.91. The number of para-hydroxylation sites is 2. The van der Waals surface area contributed by atoms with Gasteiger partial charge in [-0.15, -0.1) is 5.10 Å². The molecule has 0 aliphatic rings. The topological polar surface area (TPSA) is 95.0 Å². The van der Waals surface area contributed by atoms with Gasteiger partial charge in [-0.25, -0.2) is 9.78 Å². The van der Waals surface area contributed by atoms with Crippen LogP contribution in [0.25, 0.3) is 22.5 Å². The zero-order valence-corrected chi connectivity index (χ0v) is 14.6. The Balaban J connectivity index is 1.55. The van der Waals surface area contributed by atoms with Crippen molar-refractivity contribution in [3.63, 3.8) is 0 Å². The highest BCUT2D eigenvalue weighted by Crippen LogP contribution is 2.19. The number of hydrogen-bond donors (Lipinski definition) is 1. The average molecular weight is 363 g/mol. The van der Waals surface area contributed by atoms with E-state index in [0.717, 1.165) is 15.7 Å². The van der Waals surface area contributed by atoms with E-state index in [4.69, 9.17) is 4.42 Å². The highest BCUT2D eigenvalue weighted by Gasteiger charge is 2.16. The molecule has 4 aromatic rings. The minimum Gasteiger partial charge on any atom is -0.388 e. The van der Waals surface area contributed by atoms with E-state index >= 15 is 0 Å². The van der Waals surface area contributed by atoms with Crippen LogP contribution in [0.1, 0.15) is 6.92 Å². The Morgan fingerprint density at radius 3 is 2.63 bits per heavy atom. The standard InChI is InChI=1S/C19H17N5O3/c1-2-23-15-11-7-6-10-14(15)20-18(23)21-16(25)12-24-19(26)27-17(22-24)13-8-4-3-5-9-13/h3-11H,2,12H2,1H3,(H,20,21,25). The minimum absolute atomic E-state index is 0.175. The van der Waals surface area contributed by atoms with E-state index in [0.29, 0.717) is 18.1 Å². The third-order valence-electron chi connectivity index (χ3n) is 4.14. The van der Waals surface area contributed by atoms with Crippen molar-refractivity contribution in [3.05, 3.63) is 65.1 Å². The number of rotatable bonds is 5. The van der Waals surface area contributed by atoms with Gasteiger partial charge in [-0.05, 0) is 31.2 Å². The molecule has 0 aliphatic carbocycles. The maximum absolute atomic E-state index is 12.4. The summed E-state index contributed by atoms with van der Waals surface area (Å²) in [5.41, 5.74) is 2.39. The van der Waals surface area contributed by atoms with Crippen molar-refractivity contribution < 1.29 is 9.21 Å². The predicted molar refractivity (Wildman–Crippen MR) is 100 cm³/mol. The van der Waals surface area contributed by atoms with Gasteiger partial charge in [0.2, 0.25) is 17.7 Å². The Morgan fingerprint density at radius 1 is 1.11 bits per heavy atom. The molecule has 8 heteroatoms. The lowest BCUT2D eigenvalue weighted by atomic mass is 10.2. The minimum atomic E-state index is -0.687. The van der Waals surface area contributed by atoms with Gasteiger partial charge in [0.25, 0.3) is 0 Å². The molecule has 0 bridgehead atoms. The summed E-state index contributed by atoms with van der Waals surface area (Å²) in [6.45, 7) is 2.36. The van der Waals surface area contributed by atoms with Crippen LogP contribution in [-0.2, 0) is 17.9 Å². The molecule has 0 radical (unpaired) electrons. The highest BCUT2D eigenvalue weighted by atomic mass is 16.4. The van der Waals surface area contributed by atoms with Crippen molar-refractivity contribution in [1.29, 1.82) is 0 Å². The first-order chi connectivity index (χ1) is 13.2. The third kappa shape index (κ3) is 3.24. The number of aromatic nitrogens is 4. The molecule has 0 fully saturated rings. The Bertz CT molecular complexity index is 1160. The Kier molecular flexibility index (Phi) is 4.29. The number of fused-ring (bicyclic) bond motifs is 1. The molecule has 0 spiro atoms. The number of benzene rings is 2. The first kappa shape index (κ1) is 16.8. The van der Waals surface area contributed by atoms with Crippen molar-refractivity contribution in [2.24, 2.45) is 0 Å². The van der Waals surface area contributed by atoms with Gasteiger partial charge in [-0.3, -0.25) is 10.1 Å². The van der Waals surface area contributed by atoms with Crippen LogP contribution in [0.15, 0.2) is 63.8 Å². The maximum atomic E-state index is 12.4. The van der Waals surface area contributed by atoms with Gasteiger partial charge in [0, 0.05) is 12.1 Å². The number of imidazole rings is 1. The van der Waals surface area contributed by atoms with Crippen LogP contribution in [0, 0.1) is 0 Å². The molecule has 1 N–H and O–H groups in total. The van der Waals surface area contributed by atoms with E-state index < -0.39 is 11.7 Å². The lowest BCUT2D eigenvalue weighted by Crippen LogP contribution is -2.27. The Morgan fingerprint density at radius 2 is 1.85 bits per heavy atom. The molecule has 0 aliphatic heterocycles. The molecule has 1 amide bonds. The van der Waals surface area contributed by atoms with E-state index in [1.54, 1.807) is 12.1 Å². The molecule has 27 heavy (non-hydrogen) atoms. The summed E-state index contributed by atoms with van der Waals surface area (Å²) in [6, 6.07) is 16.7. The van der Waals surface area contributed by atoms with Crippen LogP contribution in [0.3, 0.4) is 0 Å². The van der Waals surface area contributed by atoms with Crippen molar-refractivity contribution in [2.75, 3.05) is 5.32 Å². The number of aryl methyl sites for hydroxylation is 1. The largest absolute Gasteiger partial charge is 0.437 e. The molecular weight excluding hydrogens is 346 g/mol. The fourth-order valence-corrected chi connectivity index (χ4v) is 2.89. The first-order valence-corrected chi connectivity index (χ1v) is 8.54. The summed E-state index contributed by atoms with van der Waals surface area (Å²) in [6.07, 6.45) is 0. The quantitative estimate of drug-likeness (QED) is 0.588. The smallest absolute Gasteiger partial charge is 0.388 e. The number of hydrogen-bond acceptors (Lipinski definition) is 5. The van der Waals surface area contributed by atoms with Crippen LogP contribution in [0.4, 0.5) is 5.95 Å². The number of nitrogens with one attached hydrogen (secondary N) is 1. The first-order valence-electron chi connectivity index (χ1n) is 8.54. The molecule has 2 aromatic heterocycles. The third-order valence-corrected chi connectivity index (χ3v) is 4.14. The summed E-state index contributed by atoms with van der Waals surface area (Å²) < 4.78 is 8.03. The van der Waals surface area contributed by atoms with Gasteiger partial charge in [-0.1, -0.05) is 30.3 Å². The van der Waals surface area contributed by atoms with Gasteiger partial charge in [-0.2, -0.15) is 4.68 Å². The number of nitrogens with zero attached hydrogens (tertiary/aromatic N) is 4. The number of amides is 1. The lowest BCUT2D eigenvalue weighted by Gasteiger charge is -2.07. The average Bonchev–Trinajstić information content (AvgIpc) is 3.22. The normalized spacial score (nSPS) is 11.0. The molecular formula is C19H17N5O3. The van der Waals surface area contributed by atoms with Crippen molar-refractivity contribution >= 4 is 22.9 Å². The van der Waals surface area contributed by atoms with Crippen molar-refractivity contribution in [3.8, 4) is 11.5 Å². The fraction of sp³-hybridized carbons (Fsp3) is 0.158. The summed E-state index contributed by atoms with van der Waals surface area (Å²) in [5.74, 6) is -0.485. The predicted octanol–water partition coefficient (Wildman–Crippen LogP) is 2.51. The summed E-state index contributed by atoms with van der Waals surface area (Å²) in [7, 11) is 0. The lowest BCUT2D eigenvalue weighted by molar-refractivity contribution is -0.117. The van der Waals surface area contributed by atoms with Crippen LogP contribution in [0.5, 0.6) is 0 Å². The van der Waals surface area contributed by atoms with Crippen LogP contribution in [0.2, 0.25) is 0 Å². The Hall–Kier alpha value is -3.68. The van der Waals surface area contributed by atoms with Gasteiger partial charge in [0.1, 0.15) is 6.54 Å². The maximum Gasteiger partial charge on any atom is 0.437 e. The van der Waals surface area contributed by atoms with Crippen LogP contribution < -0.4 is 11.1 Å². The van der Waals surface area contributed by atoms with Gasteiger partial charge >= 0.3 is 5.76 Å². The van der Waals surface area contributed by atoms with E-state index in [-0.39, 0.29) is 12.4 Å². The number of carbonyl (C=O) groups is 1. The van der Waals surface area contributed by atoms with Gasteiger partial charge in [0.05, 0.1) is 11.0 Å². The monoisotopic (exact) mass is 363 g/mol. The van der Waals surface area contributed by atoms with Gasteiger partial charge in [0.15, 0.2) is 0 Å². The summed E-state index contributed by atoms with van der Waals surface area (Å²) >= 11 is 0. The molecule has 4 rings (SSSR count). The summed E-state index contributed by atoms with van der Waals surface area (Å²) in [5, 5.41) is 6.84. The molecule has 0 saturated carbocycles. The molecule has 8 nitrogen and oxygen atoms in total. The molecule has 0 saturated heterocycles. The zero-order chi connectivity index (χ0) is 18.8. The Labute approximate surface area is 154 Å².